The van der Waals surface area contributed by atoms with E-state index in [0.717, 1.165) is 0 Å². The lowest BCUT2D eigenvalue weighted by atomic mass is 10.1. The first-order valence-electron chi connectivity index (χ1n) is 4.89. The van der Waals surface area contributed by atoms with E-state index in [1.54, 1.807) is 0 Å². The molecule has 0 fully saturated rings. The summed E-state index contributed by atoms with van der Waals surface area (Å²) in [6.07, 6.45) is -5.49. The summed E-state index contributed by atoms with van der Waals surface area (Å²) in [5.41, 5.74) is -0.0923. The van der Waals surface area contributed by atoms with E-state index in [-0.39, 0.29) is 11.3 Å². The van der Waals surface area contributed by atoms with E-state index in [0.29, 0.717) is 0 Å². The number of rotatable bonds is 5. The van der Waals surface area contributed by atoms with Crippen molar-refractivity contribution >= 4 is 5.69 Å². The number of hydrogen-bond acceptors (Lipinski definition) is 4. The SMILES string of the molecule is CC(OOCC(F)(F)F)c1ccccc1[N+](=O)[O-]. The van der Waals surface area contributed by atoms with E-state index in [1.807, 2.05) is 0 Å². The summed E-state index contributed by atoms with van der Waals surface area (Å²) in [6.45, 7) is -0.212. The molecule has 0 aromatic heterocycles. The second-order valence-corrected chi connectivity index (χ2v) is 3.43. The van der Waals surface area contributed by atoms with Gasteiger partial charge in [0.1, 0.15) is 6.10 Å². The van der Waals surface area contributed by atoms with Crippen LogP contribution in [0.5, 0.6) is 0 Å². The first-order chi connectivity index (χ1) is 8.31. The lowest BCUT2D eigenvalue weighted by Crippen LogP contribution is -2.18. The molecular formula is C10H10F3NO4. The van der Waals surface area contributed by atoms with E-state index in [4.69, 9.17) is 0 Å². The maximum atomic E-state index is 11.8. The van der Waals surface area contributed by atoms with Gasteiger partial charge in [-0.3, -0.25) is 10.1 Å². The molecule has 1 aromatic carbocycles. The molecular weight excluding hydrogens is 255 g/mol. The molecule has 0 spiro atoms. The van der Waals surface area contributed by atoms with Crippen LogP contribution in [0.25, 0.3) is 0 Å². The van der Waals surface area contributed by atoms with Crippen molar-refractivity contribution in [1.82, 2.24) is 0 Å². The van der Waals surface area contributed by atoms with Gasteiger partial charge in [-0.15, -0.1) is 0 Å². The van der Waals surface area contributed by atoms with Crippen molar-refractivity contribution in [2.45, 2.75) is 19.2 Å². The predicted molar refractivity (Wildman–Crippen MR) is 54.6 cm³/mol. The number of halogens is 3. The minimum absolute atomic E-state index is 0.143. The molecule has 0 bridgehead atoms. The third-order valence-electron chi connectivity index (χ3n) is 2.01. The van der Waals surface area contributed by atoms with Gasteiger partial charge < -0.3 is 0 Å². The molecule has 0 saturated heterocycles. The summed E-state index contributed by atoms with van der Waals surface area (Å²) in [5, 5.41) is 10.7. The van der Waals surface area contributed by atoms with E-state index in [9.17, 15) is 23.3 Å². The van der Waals surface area contributed by atoms with Crippen LogP contribution < -0.4 is 0 Å². The van der Waals surface area contributed by atoms with Crippen molar-refractivity contribution < 1.29 is 27.9 Å². The third kappa shape index (κ3) is 4.30. The van der Waals surface area contributed by atoms with E-state index >= 15 is 0 Å². The molecule has 0 radical (unpaired) electrons. The van der Waals surface area contributed by atoms with Crippen molar-refractivity contribution in [2.24, 2.45) is 0 Å². The van der Waals surface area contributed by atoms with Crippen LogP contribution in [0, 0.1) is 10.1 Å². The monoisotopic (exact) mass is 265 g/mol. The molecule has 0 aliphatic rings. The molecule has 0 aliphatic carbocycles. The Morgan fingerprint density at radius 2 is 2.00 bits per heavy atom. The van der Waals surface area contributed by atoms with Crippen molar-refractivity contribution in [2.75, 3.05) is 6.61 Å². The summed E-state index contributed by atoms with van der Waals surface area (Å²) >= 11 is 0. The molecule has 18 heavy (non-hydrogen) atoms. The second kappa shape index (κ2) is 5.78. The van der Waals surface area contributed by atoms with Gasteiger partial charge in [-0.2, -0.15) is 13.2 Å². The molecule has 1 aromatic rings. The molecule has 0 aliphatic heterocycles. The highest BCUT2D eigenvalue weighted by atomic mass is 19.4. The number of nitrogens with zero attached hydrogens (tertiary/aromatic N) is 1. The molecule has 0 N–H and O–H groups in total. The standard InChI is InChI=1S/C10H10F3NO4/c1-7(18-17-6-10(11,12)13)8-4-2-3-5-9(8)14(15)16/h2-5,7H,6H2,1H3. The van der Waals surface area contributed by atoms with Gasteiger partial charge in [0.2, 0.25) is 0 Å². The maximum Gasteiger partial charge on any atom is 0.414 e. The summed E-state index contributed by atoms with van der Waals surface area (Å²) in [5.74, 6) is 0. The zero-order chi connectivity index (χ0) is 13.8. The fourth-order valence-corrected chi connectivity index (χ4v) is 1.25. The highest BCUT2D eigenvalue weighted by Gasteiger charge is 2.29. The summed E-state index contributed by atoms with van der Waals surface area (Å²) < 4.78 is 35.4. The molecule has 1 unspecified atom stereocenters. The number of nitro benzene ring substituents is 1. The van der Waals surface area contributed by atoms with Crippen molar-refractivity contribution in [1.29, 1.82) is 0 Å². The maximum absolute atomic E-state index is 11.8. The quantitative estimate of drug-likeness (QED) is 0.466. The number of para-hydroxylation sites is 1. The lowest BCUT2D eigenvalue weighted by molar-refractivity contribution is -0.390. The summed E-state index contributed by atoms with van der Waals surface area (Å²) in [6, 6.07) is 5.59. The molecule has 5 nitrogen and oxygen atoms in total. The summed E-state index contributed by atoms with van der Waals surface area (Å²) in [4.78, 5) is 18.5. The first kappa shape index (κ1) is 14.4. The topological polar surface area (TPSA) is 61.6 Å². The van der Waals surface area contributed by atoms with Gasteiger partial charge in [-0.25, -0.2) is 9.78 Å². The smallest absolute Gasteiger partial charge is 0.258 e. The van der Waals surface area contributed by atoms with E-state index < -0.39 is 23.8 Å². The molecule has 0 amide bonds. The van der Waals surface area contributed by atoms with Crippen molar-refractivity contribution in [3.05, 3.63) is 39.9 Å². The Bertz CT molecular complexity index is 422. The molecule has 100 valence electrons. The summed E-state index contributed by atoms with van der Waals surface area (Å²) in [7, 11) is 0. The van der Waals surface area contributed by atoms with Gasteiger partial charge in [0.15, 0.2) is 6.61 Å². The molecule has 1 rings (SSSR count). The minimum Gasteiger partial charge on any atom is -0.258 e. The van der Waals surface area contributed by atoms with Crippen LogP contribution in [0.3, 0.4) is 0 Å². The Morgan fingerprint density at radius 1 is 1.39 bits per heavy atom. The highest BCUT2D eigenvalue weighted by Crippen LogP contribution is 2.27. The normalized spacial score (nSPS) is 13.3. The average Bonchev–Trinajstić information content (AvgIpc) is 2.27. The molecule has 1 atom stereocenters. The zero-order valence-corrected chi connectivity index (χ0v) is 9.31. The number of benzene rings is 1. The Hall–Kier alpha value is -1.67. The number of nitro groups is 1. The number of alkyl halides is 3. The zero-order valence-electron chi connectivity index (χ0n) is 9.31. The van der Waals surface area contributed by atoms with Crippen LogP contribution in [0.15, 0.2) is 24.3 Å². The Balaban J connectivity index is 2.67. The van der Waals surface area contributed by atoms with Gasteiger partial charge in [0.05, 0.1) is 10.5 Å². The lowest BCUT2D eigenvalue weighted by Gasteiger charge is -2.13. The first-order valence-corrected chi connectivity index (χ1v) is 4.89. The van der Waals surface area contributed by atoms with Gasteiger partial charge in [-0.05, 0) is 13.0 Å². The Labute approximate surface area is 100 Å². The molecule has 8 heteroatoms. The Kier molecular flexibility index (Phi) is 4.62. The minimum atomic E-state index is -4.51. The molecule has 0 heterocycles. The number of hydrogen-bond donors (Lipinski definition) is 0. The third-order valence-corrected chi connectivity index (χ3v) is 2.01. The predicted octanol–water partition coefficient (Wildman–Crippen LogP) is 3.17. The van der Waals surface area contributed by atoms with Crippen LogP contribution in [-0.2, 0) is 9.78 Å². The fraction of sp³-hybridized carbons (Fsp3) is 0.400. The largest absolute Gasteiger partial charge is 0.414 e. The van der Waals surface area contributed by atoms with Crippen LogP contribution in [0.4, 0.5) is 18.9 Å². The second-order valence-electron chi connectivity index (χ2n) is 3.43. The van der Waals surface area contributed by atoms with Crippen molar-refractivity contribution in [3.8, 4) is 0 Å². The van der Waals surface area contributed by atoms with Gasteiger partial charge in [-0.1, -0.05) is 12.1 Å². The van der Waals surface area contributed by atoms with Crippen LogP contribution >= 0.6 is 0 Å². The van der Waals surface area contributed by atoms with Crippen LogP contribution in [-0.4, -0.2) is 17.7 Å². The van der Waals surface area contributed by atoms with Gasteiger partial charge in [0, 0.05) is 6.07 Å². The highest BCUT2D eigenvalue weighted by molar-refractivity contribution is 5.41. The van der Waals surface area contributed by atoms with Crippen LogP contribution in [0.1, 0.15) is 18.6 Å². The van der Waals surface area contributed by atoms with Crippen molar-refractivity contribution in [3.63, 3.8) is 0 Å². The van der Waals surface area contributed by atoms with Gasteiger partial charge in [0.25, 0.3) is 5.69 Å². The Morgan fingerprint density at radius 3 is 2.56 bits per heavy atom. The van der Waals surface area contributed by atoms with E-state index in [2.05, 4.69) is 9.78 Å². The van der Waals surface area contributed by atoms with Gasteiger partial charge >= 0.3 is 6.18 Å². The van der Waals surface area contributed by atoms with Crippen LogP contribution in [0.2, 0.25) is 0 Å². The molecule has 0 saturated carbocycles. The fourth-order valence-electron chi connectivity index (χ4n) is 1.25. The van der Waals surface area contributed by atoms with E-state index in [1.165, 1.54) is 31.2 Å². The average molecular weight is 265 g/mol.